The van der Waals surface area contributed by atoms with Crippen molar-refractivity contribution < 1.29 is 9.53 Å². The highest BCUT2D eigenvalue weighted by Crippen LogP contribution is 2.00. The summed E-state index contributed by atoms with van der Waals surface area (Å²) in [6.45, 7) is 6.51. The monoisotopic (exact) mass is 278 g/mol. The van der Waals surface area contributed by atoms with Crippen molar-refractivity contribution in [2.45, 2.75) is 39.3 Å². The Morgan fingerprint density at radius 1 is 1.30 bits per heavy atom. The summed E-state index contributed by atoms with van der Waals surface area (Å²) < 4.78 is 5.55. The van der Waals surface area contributed by atoms with Gasteiger partial charge in [0, 0.05) is 19.2 Å². The van der Waals surface area contributed by atoms with Crippen molar-refractivity contribution in [1.29, 1.82) is 0 Å². The molecule has 1 aromatic carbocycles. The lowest BCUT2D eigenvalue weighted by molar-refractivity contribution is -0.120. The number of ether oxygens (including phenoxy) is 1. The van der Waals surface area contributed by atoms with Gasteiger partial charge >= 0.3 is 0 Å². The van der Waals surface area contributed by atoms with Gasteiger partial charge < -0.3 is 15.4 Å². The molecular formula is C16H26N2O2. The maximum absolute atomic E-state index is 11.5. The summed E-state index contributed by atoms with van der Waals surface area (Å²) in [5.41, 5.74) is 1.18. The Kier molecular flexibility index (Phi) is 8.67. The molecule has 4 heteroatoms. The van der Waals surface area contributed by atoms with Crippen LogP contribution in [0.4, 0.5) is 0 Å². The summed E-state index contributed by atoms with van der Waals surface area (Å²) in [5, 5.41) is 6.04. The summed E-state index contributed by atoms with van der Waals surface area (Å²) in [7, 11) is 0. The van der Waals surface area contributed by atoms with Crippen molar-refractivity contribution in [3.63, 3.8) is 0 Å². The molecule has 112 valence electrons. The topological polar surface area (TPSA) is 50.4 Å². The first-order valence-electron chi connectivity index (χ1n) is 7.34. The van der Waals surface area contributed by atoms with E-state index in [1.807, 2.05) is 30.3 Å². The van der Waals surface area contributed by atoms with Crippen molar-refractivity contribution in [2.75, 3.05) is 19.7 Å². The van der Waals surface area contributed by atoms with Crippen LogP contribution in [0.5, 0.6) is 0 Å². The van der Waals surface area contributed by atoms with E-state index >= 15 is 0 Å². The van der Waals surface area contributed by atoms with Crippen molar-refractivity contribution in [1.82, 2.24) is 10.6 Å². The molecule has 1 unspecified atom stereocenters. The largest absolute Gasteiger partial charge is 0.377 e. The van der Waals surface area contributed by atoms with E-state index in [0.717, 1.165) is 12.8 Å². The molecule has 0 saturated carbocycles. The van der Waals surface area contributed by atoms with Crippen molar-refractivity contribution >= 4 is 5.91 Å². The molecule has 0 aliphatic carbocycles. The van der Waals surface area contributed by atoms with Gasteiger partial charge in [-0.25, -0.2) is 0 Å². The van der Waals surface area contributed by atoms with E-state index in [2.05, 4.69) is 24.5 Å². The average molecular weight is 278 g/mol. The lowest BCUT2D eigenvalue weighted by atomic mass is 10.2. The van der Waals surface area contributed by atoms with Crippen LogP contribution in [0, 0.1) is 0 Å². The predicted molar refractivity (Wildman–Crippen MR) is 81.5 cm³/mol. The Hall–Kier alpha value is -1.39. The van der Waals surface area contributed by atoms with Gasteiger partial charge in [0.25, 0.3) is 0 Å². The van der Waals surface area contributed by atoms with Gasteiger partial charge in [-0.3, -0.25) is 4.79 Å². The van der Waals surface area contributed by atoms with Crippen LogP contribution in [-0.4, -0.2) is 31.6 Å². The second kappa shape index (κ2) is 10.4. The molecule has 0 radical (unpaired) electrons. The van der Waals surface area contributed by atoms with E-state index in [9.17, 15) is 4.79 Å². The van der Waals surface area contributed by atoms with E-state index in [0.29, 0.717) is 32.3 Å². The lowest BCUT2D eigenvalue weighted by Crippen LogP contribution is -2.38. The first-order chi connectivity index (χ1) is 9.72. The Bertz CT molecular complexity index is 368. The van der Waals surface area contributed by atoms with Crippen molar-refractivity contribution in [3.8, 4) is 0 Å². The van der Waals surface area contributed by atoms with E-state index in [1.165, 1.54) is 5.56 Å². The molecule has 2 N–H and O–H groups in total. The molecule has 4 nitrogen and oxygen atoms in total. The quantitative estimate of drug-likeness (QED) is 0.644. The molecule has 1 aromatic rings. The van der Waals surface area contributed by atoms with Gasteiger partial charge in [-0.1, -0.05) is 37.3 Å². The third kappa shape index (κ3) is 7.92. The fourth-order valence-corrected chi connectivity index (χ4v) is 1.64. The first-order valence-corrected chi connectivity index (χ1v) is 7.34. The van der Waals surface area contributed by atoms with E-state index in [4.69, 9.17) is 4.74 Å². The number of hydrogen-bond donors (Lipinski definition) is 2. The molecule has 0 aromatic heterocycles. The highest BCUT2D eigenvalue weighted by Gasteiger charge is 2.02. The van der Waals surface area contributed by atoms with E-state index < -0.39 is 0 Å². The molecule has 0 fully saturated rings. The predicted octanol–water partition coefficient (Wildman–Crippen LogP) is 2.10. The number of carbonyl (C=O) groups excluding carboxylic acids is 1. The van der Waals surface area contributed by atoms with Gasteiger partial charge in [0.05, 0.1) is 13.2 Å². The SMILES string of the molecule is CCC(C)NCC(=O)NCCCOCc1ccccc1. The van der Waals surface area contributed by atoms with E-state index in [-0.39, 0.29) is 5.91 Å². The van der Waals surface area contributed by atoms with Gasteiger partial charge in [-0.05, 0) is 25.3 Å². The average Bonchev–Trinajstić information content (AvgIpc) is 2.49. The number of carbonyl (C=O) groups is 1. The summed E-state index contributed by atoms with van der Waals surface area (Å²) in [6.07, 6.45) is 1.86. The number of amides is 1. The zero-order valence-electron chi connectivity index (χ0n) is 12.5. The zero-order chi connectivity index (χ0) is 14.6. The minimum absolute atomic E-state index is 0.0494. The fraction of sp³-hybridized carbons (Fsp3) is 0.562. The van der Waals surface area contributed by atoms with Gasteiger partial charge in [-0.2, -0.15) is 0 Å². The van der Waals surface area contributed by atoms with Crippen LogP contribution in [0.2, 0.25) is 0 Å². The van der Waals surface area contributed by atoms with Gasteiger partial charge in [0.2, 0.25) is 5.91 Å². The van der Waals surface area contributed by atoms with Gasteiger partial charge in [0.1, 0.15) is 0 Å². The Morgan fingerprint density at radius 2 is 2.05 bits per heavy atom. The Labute approximate surface area is 121 Å². The number of benzene rings is 1. The summed E-state index contributed by atoms with van der Waals surface area (Å²) >= 11 is 0. The second-order valence-electron chi connectivity index (χ2n) is 4.93. The molecule has 0 bridgehead atoms. The van der Waals surface area contributed by atoms with E-state index in [1.54, 1.807) is 0 Å². The standard InChI is InChI=1S/C16H26N2O2/c1-3-14(2)18-12-16(19)17-10-7-11-20-13-15-8-5-4-6-9-15/h4-6,8-9,14,18H,3,7,10-13H2,1-2H3,(H,17,19). The summed E-state index contributed by atoms with van der Waals surface area (Å²) in [5.74, 6) is 0.0494. The first kappa shape index (κ1) is 16.7. The zero-order valence-corrected chi connectivity index (χ0v) is 12.5. The molecule has 0 aliphatic rings. The third-order valence-electron chi connectivity index (χ3n) is 3.12. The van der Waals surface area contributed by atoms with Crippen LogP contribution in [-0.2, 0) is 16.1 Å². The number of hydrogen-bond acceptors (Lipinski definition) is 3. The molecule has 0 saturated heterocycles. The maximum Gasteiger partial charge on any atom is 0.233 e. The normalized spacial score (nSPS) is 12.1. The van der Waals surface area contributed by atoms with Crippen molar-refractivity contribution in [3.05, 3.63) is 35.9 Å². The van der Waals surface area contributed by atoms with Crippen LogP contribution in [0.3, 0.4) is 0 Å². The molecule has 1 amide bonds. The van der Waals surface area contributed by atoms with Crippen LogP contribution >= 0.6 is 0 Å². The molecule has 0 aliphatic heterocycles. The lowest BCUT2D eigenvalue weighted by Gasteiger charge is -2.11. The van der Waals surface area contributed by atoms with Crippen LogP contribution in [0.25, 0.3) is 0 Å². The summed E-state index contributed by atoms with van der Waals surface area (Å²) in [6, 6.07) is 10.5. The minimum Gasteiger partial charge on any atom is -0.377 e. The summed E-state index contributed by atoms with van der Waals surface area (Å²) in [4.78, 5) is 11.5. The maximum atomic E-state index is 11.5. The second-order valence-corrected chi connectivity index (χ2v) is 4.93. The Morgan fingerprint density at radius 3 is 2.75 bits per heavy atom. The fourth-order valence-electron chi connectivity index (χ4n) is 1.64. The van der Waals surface area contributed by atoms with Crippen LogP contribution in [0.15, 0.2) is 30.3 Å². The molecule has 20 heavy (non-hydrogen) atoms. The van der Waals surface area contributed by atoms with Crippen LogP contribution in [0.1, 0.15) is 32.3 Å². The smallest absolute Gasteiger partial charge is 0.233 e. The molecule has 1 rings (SSSR count). The molecular weight excluding hydrogens is 252 g/mol. The molecule has 1 atom stereocenters. The number of nitrogens with one attached hydrogen (secondary N) is 2. The third-order valence-corrected chi connectivity index (χ3v) is 3.12. The molecule has 0 heterocycles. The minimum atomic E-state index is 0.0494. The van der Waals surface area contributed by atoms with Crippen LogP contribution < -0.4 is 10.6 Å². The molecule has 0 spiro atoms. The highest BCUT2D eigenvalue weighted by molar-refractivity contribution is 5.77. The highest BCUT2D eigenvalue weighted by atomic mass is 16.5. The Balaban J connectivity index is 1.95. The van der Waals surface area contributed by atoms with Gasteiger partial charge in [0.15, 0.2) is 0 Å². The number of rotatable bonds is 10. The van der Waals surface area contributed by atoms with Gasteiger partial charge in [-0.15, -0.1) is 0 Å². The van der Waals surface area contributed by atoms with Crippen molar-refractivity contribution in [2.24, 2.45) is 0 Å².